The first-order chi connectivity index (χ1) is 16.1. The summed E-state index contributed by atoms with van der Waals surface area (Å²) in [5, 5.41) is 11.4. The Morgan fingerprint density at radius 2 is 2.00 bits per heavy atom. The minimum Gasteiger partial charge on any atom is -0.460 e. The first-order valence-electron chi connectivity index (χ1n) is 11.6. The minimum absolute atomic E-state index is 0.122. The molecule has 0 atom stereocenters. The summed E-state index contributed by atoms with van der Waals surface area (Å²) in [5.41, 5.74) is 4.07. The Bertz CT molecular complexity index is 1240. The van der Waals surface area contributed by atoms with Gasteiger partial charge in [0.05, 0.1) is 11.9 Å². The van der Waals surface area contributed by atoms with E-state index in [-0.39, 0.29) is 6.10 Å². The number of hydrogen-bond donors (Lipinski definition) is 2. The van der Waals surface area contributed by atoms with E-state index in [2.05, 4.69) is 51.3 Å². The Morgan fingerprint density at radius 3 is 2.76 bits per heavy atom. The average molecular weight is 447 g/mol. The third-order valence-corrected chi connectivity index (χ3v) is 6.07. The molecule has 172 valence electrons. The highest BCUT2D eigenvalue weighted by atomic mass is 16.5. The van der Waals surface area contributed by atoms with Crippen LogP contribution in [0.2, 0.25) is 0 Å². The number of nitrogens with zero attached hydrogens (tertiary/aromatic N) is 6. The van der Waals surface area contributed by atoms with Gasteiger partial charge < -0.3 is 19.9 Å². The van der Waals surface area contributed by atoms with E-state index in [1.54, 1.807) is 4.52 Å². The van der Waals surface area contributed by atoms with Gasteiger partial charge in [0.2, 0.25) is 5.95 Å². The zero-order chi connectivity index (χ0) is 22.8. The van der Waals surface area contributed by atoms with Crippen molar-refractivity contribution < 1.29 is 4.74 Å². The summed E-state index contributed by atoms with van der Waals surface area (Å²) in [7, 11) is 0. The predicted molar refractivity (Wildman–Crippen MR) is 127 cm³/mol. The van der Waals surface area contributed by atoms with Gasteiger partial charge in [-0.25, -0.2) is 4.98 Å². The van der Waals surface area contributed by atoms with E-state index in [0.29, 0.717) is 24.4 Å². The molecule has 0 unspecified atom stereocenters. The molecule has 4 heterocycles. The molecule has 1 aliphatic heterocycles. The standard InChI is InChI=1S/C24H30N8O/c1-16(2)20-15-28-32-22(20)29-24(33-19-8-10-25-11-9-19)30-23(32)27-14-18-6-4-5-7-21(18)31-13-12-26-17(31)3/h4-7,12-13,15-16,19,25H,8-11,14H2,1-3H3,(H,27,29,30). The van der Waals surface area contributed by atoms with Crippen molar-refractivity contribution >= 4 is 11.6 Å². The molecule has 9 nitrogen and oxygen atoms in total. The number of rotatable bonds is 7. The molecular formula is C24H30N8O. The summed E-state index contributed by atoms with van der Waals surface area (Å²) in [4.78, 5) is 13.8. The van der Waals surface area contributed by atoms with Crippen molar-refractivity contribution in [2.45, 2.75) is 52.2 Å². The number of fused-ring (bicyclic) bond motifs is 1. The van der Waals surface area contributed by atoms with Crippen molar-refractivity contribution in [1.82, 2.24) is 34.4 Å². The lowest BCUT2D eigenvalue weighted by atomic mass is 10.1. The van der Waals surface area contributed by atoms with Crippen LogP contribution in [0.1, 0.15) is 49.6 Å². The molecule has 0 saturated carbocycles. The fourth-order valence-electron chi connectivity index (χ4n) is 4.21. The second kappa shape index (κ2) is 9.19. The van der Waals surface area contributed by atoms with E-state index in [4.69, 9.17) is 14.7 Å². The summed E-state index contributed by atoms with van der Waals surface area (Å²) in [5.74, 6) is 1.85. The van der Waals surface area contributed by atoms with Crippen LogP contribution >= 0.6 is 0 Å². The fourth-order valence-corrected chi connectivity index (χ4v) is 4.21. The number of imidazole rings is 1. The molecule has 0 aliphatic carbocycles. The molecule has 1 aliphatic rings. The molecule has 9 heteroatoms. The van der Waals surface area contributed by atoms with Crippen LogP contribution in [0.25, 0.3) is 11.3 Å². The Morgan fingerprint density at radius 1 is 1.18 bits per heavy atom. The van der Waals surface area contributed by atoms with E-state index in [9.17, 15) is 0 Å². The Balaban J connectivity index is 1.47. The summed E-state index contributed by atoms with van der Waals surface area (Å²) in [6.45, 7) is 8.76. The molecule has 2 N–H and O–H groups in total. The van der Waals surface area contributed by atoms with E-state index in [0.717, 1.165) is 54.2 Å². The van der Waals surface area contributed by atoms with Crippen molar-refractivity contribution in [3.8, 4) is 11.7 Å². The molecule has 0 spiro atoms. The molecule has 1 fully saturated rings. The minimum atomic E-state index is 0.122. The molecule has 3 aromatic heterocycles. The van der Waals surface area contributed by atoms with Gasteiger partial charge in [-0.15, -0.1) is 0 Å². The monoisotopic (exact) mass is 446 g/mol. The van der Waals surface area contributed by atoms with Gasteiger partial charge in [0.25, 0.3) is 0 Å². The van der Waals surface area contributed by atoms with Crippen LogP contribution in [0.15, 0.2) is 42.9 Å². The third kappa shape index (κ3) is 4.41. The van der Waals surface area contributed by atoms with Gasteiger partial charge in [-0.3, -0.25) is 0 Å². The maximum atomic E-state index is 6.20. The molecule has 1 aromatic carbocycles. The summed E-state index contributed by atoms with van der Waals surface area (Å²) >= 11 is 0. The second-order valence-corrected chi connectivity index (χ2v) is 8.71. The highest BCUT2D eigenvalue weighted by Crippen LogP contribution is 2.25. The number of nitrogens with one attached hydrogen (secondary N) is 2. The van der Waals surface area contributed by atoms with Gasteiger partial charge >= 0.3 is 6.01 Å². The maximum Gasteiger partial charge on any atom is 0.322 e. The van der Waals surface area contributed by atoms with Crippen LogP contribution < -0.4 is 15.4 Å². The number of ether oxygens (including phenoxy) is 1. The SMILES string of the molecule is Cc1nccn1-c1ccccc1CNc1nc(OC2CCNCC2)nc2c(C(C)C)cnn12. The van der Waals surface area contributed by atoms with Crippen molar-refractivity contribution in [3.05, 3.63) is 59.8 Å². The zero-order valence-electron chi connectivity index (χ0n) is 19.3. The van der Waals surface area contributed by atoms with Crippen molar-refractivity contribution in [1.29, 1.82) is 0 Å². The lowest BCUT2D eigenvalue weighted by Gasteiger charge is -2.23. The summed E-state index contributed by atoms with van der Waals surface area (Å²) in [6, 6.07) is 8.68. The van der Waals surface area contributed by atoms with Crippen molar-refractivity contribution in [3.63, 3.8) is 0 Å². The maximum absolute atomic E-state index is 6.20. The molecule has 0 bridgehead atoms. The first-order valence-corrected chi connectivity index (χ1v) is 11.6. The van der Waals surface area contributed by atoms with Gasteiger partial charge in [0.1, 0.15) is 11.9 Å². The predicted octanol–water partition coefficient (Wildman–Crippen LogP) is 3.48. The highest BCUT2D eigenvalue weighted by Gasteiger charge is 2.20. The van der Waals surface area contributed by atoms with Gasteiger partial charge in [-0.1, -0.05) is 32.0 Å². The highest BCUT2D eigenvalue weighted by molar-refractivity contribution is 5.53. The fraction of sp³-hybridized carbons (Fsp3) is 0.417. The van der Waals surface area contributed by atoms with Crippen LogP contribution in [0.4, 0.5) is 5.95 Å². The lowest BCUT2D eigenvalue weighted by molar-refractivity contribution is 0.149. The molecule has 33 heavy (non-hydrogen) atoms. The molecule has 0 amide bonds. The van der Waals surface area contributed by atoms with Gasteiger partial charge in [-0.05, 0) is 50.4 Å². The normalized spacial score (nSPS) is 14.8. The van der Waals surface area contributed by atoms with Crippen molar-refractivity contribution in [2.24, 2.45) is 0 Å². The van der Waals surface area contributed by atoms with Gasteiger partial charge in [0, 0.05) is 24.5 Å². The molecule has 5 rings (SSSR count). The number of benzene rings is 1. The zero-order valence-corrected chi connectivity index (χ0v) is 19.3. The Labute approximate surface area is 193 Å². The van der Waals surface area contributed by atoms with Gasteiger partial charge in [0.15, 0.2) is 5.65 Å². The van der Waals surface area contributed by atoms with E-state index >= 15 is 0 Å². The second-order valence-electron chi connectivity index (χ2n) is 8.71. The average Bonchev–Trinajstić information content (AvgIpc) is 3.44. The first kappa shape index (κ1) is 21.4. The van der Waals surface area contributed by atoms with Crippen LogP contribution in [0.3, 0.4) is 0 Å². The van der Waals surface area contributed by atoms with E-state index < -0.39 is 0 Å². The number of hydrogen-bond acceptors (Lipinski definition) is 7. The van der Waals surface area contributed by atoms with E-state index in [1.807, 2.05) is 37.6 Å². The van der Waals surface area contributed by atoms with Crippen LogP contribution in [0.5, 0.6) is 6.01 Å². The molecule has 0 radical (unpaired) electrons. The summed E-state index contributed by atoms with van der Waals surface area (Å²) < 4.78 is 10.1. The molecular weight excluding hydrogens is 416 g/mol. The largest absolute Gasteiger partial charge is 0.460 e. The Hall–Kier alpha value is -3.46. The number of para-hydroxylation sites is 1. The summed E-state index contributed by atoms with van der Waals surface area (Å²) in [6.07, 6.45) is 7.68. The number of aromatic nitrogens is 6. The van der Waals surface area contributed by atoms with Crippen molar-refractivity contribution in [2.75, 3.05) is 18.4 Å². The van der Waals surface area contributed by atoms with E-state index in [1.165, 1.54) is 0 Å². The quantitative estimate of drug-likeness (QED) is 0.449. The number of anilines is 1. The third-order valence-electron chi connectivity index (χ3n) is 6.07. The molecule has 1 saturated heterocycles. The smallest absolute Gasteiger partial charge is 0.322 e. The number of piperidine rings is 1. The topological polar surface area (TPSA) is 94.2 Å². The van der Waals surface area contributed by atoms with Crippen LogP contribution in [0, 0.1) is 6.92 Å². The number of aryl methyl sites for hydroxylation is 1. The van der Waals surface area contributed by atoms with Gasteiger partial charge in [-0.2, -0.15) is 19.6 Å². The molecule has 4 aromatic rings. The Kier molecular flexibility index (Phi) is 5.95. The van der Waals surface area contributed by atoms with Crippen LogP contribution in [-0.4, -0.2) is 48.3 Å². The van der Waals surface area contributed by atoms with Crippen LogP contribution in [-0.2, 0) is 6.54 Å². The lowest BCUT2D eigenvalue weighted by Crippen LogP contribution is -2.34.